The Hall–Kier alpha value is -2.87. The SMILES string of the molecule is C/C(=N/Nc1nc(C)c(C(=O)O)s1)c1cnc2ccccc2n1. The van der Waals surface area contributed by atoms with Crippen LogP contribution in [-0.4, -0.2) is 31.7 Å². The Morgan fingerprint density at radius 1 is 1.26 bits per heavy atom. The standard InChI is InChI=1S/C15H13N5O2S/c1-8(12-7-16-10-5-3-4-6-11(10)18-12)19-20-15-17-9(2)13(23-15)14(21)22/h3-7H,1-2H3,(H,17,20)(H,21,22)/b19-8-. The Morgan fingerprint density at radius 3 is 2.70 bits per heavy atom. The number of thiazole rings is 1. The number of hydrogen-bond donors (Lipinski definition) is 2. The predicted octanol–water partition coefficient (Wildman–Crippen LogP) is 2.93. The summed E-state index contributed by atoms with van der Waals surface area (Å²) in [7, 11) is 0. The number of para-hydroxylation sites is 2. The highest BCUT2D eigenvalue weighted by atomic mass is 32.1. The molecule has 0 aliphatic carbocycles. The van der Waals surface area contributed by atoms with Crippen LogP contribution in [0.2, 0.25) is 0 Å². The van der Waals surface area contributed by atoms with Gasteiger partial charge in [0.1, 0.15) is 10.6 Å². The molecule has 0 aliphatic heterocycles. The van der Waals surface area contributed by atoms with Crippen LogP contribution < -0.4 is 5.43 Å². The van der Waals surface area contributed by atoms with E-state index in [4.69, 9.17) is 5.11 Å². The summed E-state index contributed by atoms with van der Waals surface area (Å²) >= 11 is 1.04. The third kappa shape index (κ3) is 3.16. The number of aromatic nitrogens is 3. The lowest BCUT2D eigenvalue weighted by molar-refractivity contribution is 0.0701. The number of carboxylic acid groups (broad SMARTS) is 1. The van der Waals surface area contributed by atoms with Gasteiger partial charge in [0.2, 0.25) is 5.13 Å². The number of nitrogens with zero attached hydrogens (tertiary/aromatic N) is 4. The van der Waals surface area contributed by atoms with Crippen molar-refractivity contribution in [3.63, 3.8) is 0 Å². The number of benzene rings is 1. The smallest absolute Gasteiger partial charge is 0.347 e. The molecule has 0 radical (unpaired) electrons. The largest absolute Gasteiger partial charge is 0.477 e. The van der Waals surface area contributed by atoms with Crippen LogP contribution in [0.25, 0.3) is 11.0 Å². The lowest BCUT2D eigenvalue weighted by Gasteiger charge is -2.02. The van der Waals surface area contributed by atoms with Gasteiger partial charge in [0.05, 0.1) is 28.6 Å². The molecule has 3 aromatic rings. The van der Waals surface area contributed by atoms with E-state index in [0.717, 1.165) is 22.4 Å². The number of carboxylic acids is 1. The second-order valence-electron chi connectivity index (χ2n) is 4.79. The number of anilines is 1. The average Bonchev–Trinajstić information content (AvgIpc) is 2.93. The summed E-state index contributed by atoms with van der Waals surface area (Å²) in [4.78, 5) is 24.2. The summed E-state index contributed by atoms with van der Waals surface area (Å²) in [5, 5.41) is 13.7. The van der Waals surface area contributed by atoms with Crippen molar-refractivity contribution in [3.05, 3.63) is 46.7 Å². The van der Waals surface area contributed by atoms with E-state index in [-0.39, 0.29) is 4.88 Å². The highest BCUT2D eigenvalue weighted by Crippen LogP contribution is 2.22. The summed E-state index contributed by atoms with van der Waals surface area (Å²) in [6.45, 7) is 3.45. The van der Waals surface area contributed by atoms with Crippen LogP contribution in [0.5, 0.6) is 0 Å². The second-order valence-corrected chi connectivity index (χ2v) is 5.79. The summed E-state index contributed by atoms with van der Waals surface area (Å²) in [6, 6.07) is 7.58. The molecule has 8 heteroatoms. The number of fused-ring (bicyclic) bond motifs is 1. The van der Waals surface area contributed by atoms with Gasteiger partial charge in [-0.25, -0.2) is 14.8 Å². The zero-order chi connectivity index (χ0) is 16.4. The molecular formula is C15H13N5O2S. The predicted molar refractivity (Wildman–Crippen MR) is 89.2 cm³/mol. The minimum Gasteiger partial charge on any atom is -0.477 e. The van der Waals surface area contributed by atoms with E-state index in [2.05, 4.69) is 25.5 Å². The average molecular weight is 327 g/mol. The maximum Gasteiger partial charge on any atom is 0.347 e. The molecule has 0 unspecified atom stereocenters. The number of carbonyl (C=O) groups is 1. The molecule has 7 nitrogen and oxygen atoms in total. The van der Waals surface area contributed by atoms with Crippen molar-refractivity contribution in [1.29, 1.82) is 0 Å². The van der Waals surface area contributed by atoms with Gasteiger partial charge in [-0.1, -0.05) is 23.5 Å². The Labute approximate surface area is 135 Å². The maximum atomic E-state index is 11.0. The zero-order valence-electron chi connectivity index (χ0n) is 12.4. The number of nitrogens with one attached hydrogen (secondary N) is 1. The van der Waals surface area contributed by atoms with Crippen LogP contribution in [0.3, 0.4) is 0 Å². The van der Waals surface area contributed by atoms with Gasteiger partial charge in [0.15, 0.2) is 0 Å². The van der Waals surface area contributed by atoms with Gasteiger partial charge in [-0.15, -0.1) is 0 Å². The van der Waals surface area contributed by atoms with Crippen molar-refractivity contribution in [2.45, 2.75) is 13.8 Å². The third-order valence-corrected chi connectivity index (χ3v) is 4.18. The van der Waals surface area contributed by atoms with Gasteiger partial charge >= 0.3 is 5.97 Å². The summed E-state index contributed by atoms with van der Waals surface area (Å²) in [6.07, 6.45) is 1.65. The maximum absolute atomic E-state index is 11.0. The van der Waals surface area contributed by atoms with Gasteiger partial charge in [-0.05, 0) is 26.0 Å². The molecule has 2 heterocycles. The van der Waals surface area contributed by atoms with Crippen molar-refractivity contribution in [2.75, 3.05) is 5.43 Å². The Kier molecular flexibility index (Phi) is 3.98. The number of aryl methyl sites for hydroxylation is 1. The fourth-order valence-electron chi connectivity index (χ4n) is 1.96. The molecular weight excluding hydrogens is 314 g/mol. The number of rotatable bonds is 4. The minimum atomic E-state index is -0.992. The Balaban J connectivity index is 1.83. The van der Waals surface area contributed by atoms with E-state index in [9.17, 15) is 4.79 Å². The van der Waals surface area contributed by atoms with Gasteiger partial charge in [0.25, 0.3) is 0 Å². The van der Waals surface area contributed by atoms with E-state index in [1.807, 2.05) is 24.3 Å². The molecule has 3 rings (SSSR count). The lowest BCUT2D eigenvalue weighted by Crippen LogP contribution is -2.03. The van der Waals surface area contributed by atoms with E-state index < -0.39 is 5.97 Å². The van der Waals surface area contributed by atoms with Crippen LogP contribution in [-0.2, 0) is 0 Å². The topological polar surface area (TPSA) is 100 Å². The van der Waals surface area contributed by atoms with Crippen molar-refractivity contribution < 1.29 is 9.90 Å². The molecule has 0 spiro atoms. The highest BCUT2D eigenvalue weighted by molar-refractivity contribution is 7.17. The van der Waals surface area contributed by atoms with E-state index in [1.165, 1.54) is 0 Å². The van der Waals surface area contributed by atoms with Crippen LogP contribution in [0.15, 0.2) is 35.6 Å². The van der Waals surface area contributed by atoms with E-state index in [1.54, 1.807) is 20.0 Å². The van der Waals surface area contributed by atoms with E-state index in [0.29, 0.717) is 22.2 Å². The Bertz CT molecular complexity index is 919. The lowest BCUT2D eigenvalue weighted by atomic mass is 10.2. The highest BCUT2D eigenvalue weighted by Gasteiger charge is 2.13. The monoisotopic (exact) mass is 327 g/mol. The number of hydrogen-bond acceptors (Lipinski definition) is 7. The van der Waals surface area contributed by atoms with Crippen LogP contribution in [0, 0.1) is 6.92 Å². The molecule has 23 heavy (non-hydrogen) atoms. The molecule has 2 N–H and O–H groups in total. The molecule has 0 saturated carbocycles. The van der Waals surface area contributed by atoms with Crippen molar-refractivity contribution in [3.8, 4) is 0 Å². The molecule has 0 amide bonds. The molecule has 0 atom stereocenters. The minimum absolute atomic E-state index is 0.200. The summed E-state index contributed by atoms with van der Waals surface area (Å²) in [5.74, 6) is -0.992. The van der Waals surface area contributed by atoms with E-state index >= 15 is 0 Å². The fourth-order valence-corrected chi connectivity index (χ4v) is 2.71. The summed E-state index contributed by atoms with van der Waals surface area (Å²) in [5.41, 5.74) is 6.11. The molecule has 0 saturated heterocycles. The first-order valence-corrected chi connectivity index (χ1v) is 7.59. The molecule has 0 fully saturated rings. The van der Waals surface area contributed by atoms with Crippen LogP contribution in [0.1, 0.15) is 28.0 Å². The first-order valence-electron chi connectivity index (χ1n) is 6.78. The summed E-state index contributed by atoms with van der Waals surface area (Å²) < 4.78 is 0. The fraction of sp³-hybridized carbons (Fsp3) is 0.133. The van der Waals surface area contributed by atoms with Crippen molar-refractivity contribution >= 4 is 39.2 Å². The quantitative estimate of drug-likeness (QED) is 0.564. The first kappa shape index (κ1) is 15.0. The Morgan fingerprint density at radius 2 is 2.00 bits per heavy atom. The third-order valence-electron chi connectivity index (χ3n) is 3.13. The van der Waals surface area contributed by atoms with Gasteiger partial charge in [0, 0.05) is 0 Å². The first-order chi connectivity index (χ1) is 11.0. The molecule has 1 aromatic carbocycles. The van der Waals surface area contributed by atoms with Gasteiger partial charge in [-0.3, -0.25) is 10.4 Å². The van der Waals surface area contributed by atoms with Crippen LogP contribution in [0.4, 0.5) is 5.13 Å². The molecule has 0 bridgehead atoms. The molecule has 2 aromatic heterocycles. The van der Waals surface area contributed by atoms with Gasteiger partial charge < -0.3 is 5.11 Å². The van der Waals surface area contributed by atoms with Crippen molar-refractivity contribution in [2.24, 2.45) is 5.10 Å². The van der Waals surface area contributed by atoms with Crippen LogP contribution >= 0.6 is 11.3 Å². The second kappa shape index (κ2) is 6.09. The number of hydrazone groups is 1. The normalized spacial score (nSPS) is 11.7. The number of aromatic carboxylic acids is 1. The van der Waals surface area contributed by atoms with Gasteiger partial charge in [-0.2, -0.15) is 5.10 Å². The molecule has 116 valence electrons. The molecule has 0 aliphatic rings. The van der Waals surface area contributed by atoms with Crippen molar-refractivity contribution in [1.82, 2.24) is 15.0 Å². The zero-order valence-corrected chi connectivity index (χ0v) is 13.3.